The van der Waals surface area contributed by atoms with Crippen molar-refractivity contribution >= 4 is 5.78 Å². The summed E-state index contributed by atoms with van der Waals surface area (Å²) in [6, 6.07) is 6.16. The number of ketones is 1. The second-order valence-corrected chi connectivity index (χ2v) is 5.11. The van der Waals surface area contributed by atoms with Crippen molar-refractivity contribution in [2.75, 3.05) is 32.8 Å². The molecule has 19 heavy (non-hydrogen) atoms. The van der Waals surface area contributed by atoms with E-state index in [1.54, 1.807) is 0 Å². The van der Waals surface area contributed by atoms with E-state index < -0.39 is 0 Å². The minimum Gasteiger partial charge on any atom is -0.486 e. The van der Waals surface area contributed by atoms with Crippen LogP contribution in [0.2, 0.25) is 0 Å². The average Bonchev–Trinajstić information content (AvgIpc) is 2.46. The van der Waals surface area contributed by atoms with Crippen LogP contribution in [0, 0.1) is 0 Å². The second kappa shape index (κ2) is 5.61. The number of Topliss-reactive ketones (excluding diaryl/α,β-unsaturated/α-hetero) is 1. The van der Waals surface area contributed by atoms with Crippen LogP contribution in [0.3, 0.4) is 0 Å². The molecule has 0 radical (unpaired) electrons. The molecule has 3 rings (SSSR count). The molecule has 0 aromatic heterocycles. The number of piperidine rings is 1. The quantitative estimate of drug-likeness (QED) is 0.829. The van der Waals surface area contributed by atoms with Crippen molar-refractivity contribution in [1.82, 2.24) is 4.90 Å². The van der Waals surface area contributed by atoms with Crippen molar-refractivity contribution in [3.05, 3.63) is 23.8 Å². The summed E-state index contributed by atoms with van der Waals surface area (Å²) >= 11 is 0. The van der Waals surface area contributed by atoms with Crippen molar-refractivity contribution in [3.63, 3.8) is 0 Å². The molecule has 0 amide bonds. The molecule has 0 bridgehead atoms. The molecule has 0 spiro atoms. The van der Waals surface area contributed by atoms with Gasteiger partial charge in [0.15, 0.2) is 11.5 Å². The standard InChI is InChI=1S/C15H19NO3/c17-13-4-7-16(8-5-13)6-3-12-1-2-14-15(11-12)19-10-9-18-14/h1-2,11H,3-10H2. The molecule has 102 valence electrons. The Morgan fingerprint density at radius 2 is 1.79 bits per heavy atom. The van der Waals surface area contributed by atoms with Crippen LogP contribution in [0.15, 0.2) is 18.2 Å². The average molecular weight is 261 g/mol. The molecule has 1 saturated heterocycles. The molecule has 0 unspecified atom stereocenters. The van der Waals surface area contributed by atoms with E-state index in [0.29, 0.717) is 31.8 Å². The second-order valence-electron chi connectivity index (χ2n) is 5.11. The van der Waals surface area contributed by atoms with Crippen molar-refractivity contribution in [1.29, 1.82) is 0 Å². The number of benzene rings is 1. The Hall–Kier alpha value is -1.55. The fraction of sp³-hybridized carbons (Fsp3) is 0.533. The molecule has 0 aliphatic carbocycles. The predicted octanol–water partition coefficient (Wildman–Crippen LogP) is 1.67. The van der Waals surface area contributed by atoms with Gasteiger partial charge in [0.25, 0.3) is 0 Å². The van der Waals surface area contributed by atoms with Crippen molar-refractivity contribution in [3.8, 4) is 11.5 Å². The minimum absolute atomic E-state index is 0.399. The third-order valence-corrected chi connectivity index (χ3v) is 3.74. The van der Waals surface area contributed by atoms with Crippen LogP contribution >= 0.6 is 0 Å². The molecule has 2 heterocycles. The zero-order chi connectivity index (χ0) is 13.1. The minimum atomic E-state index is 0.399. The largest absolute Gasteiger partial charge is 0.486 e. The fourth-order valence-corrected chi connectivity index (χ4v) is 2.56. The Balaban J connectivity index is 1.56. The molecule has 1 fully saturated rings. The highest BCUT2D eigenvalue weighted by Gasteiger charge is 2.16. The number of likely N-dealkylation sites (tertiary alicyclic amines) is 1. The van der Waals surface area contributed by atoms with E-state index in [9.17, 15) is 4.79 Å². The van der Waals surface area contributed by atoms with E-state index in [1.165, 1.54) is 5.56 Å². The van der Waals surface area contributed by atoms with Crippen LogP contribution in [-0.4, -0.2) is 43.5 Å². The van der Waals surface area contributed by atoms with Gasteiger partial charge in [-0.1, -0.05) is 6.07 Å². The Labute approximate surface area is 113 Å². The number of rotatable bonds is 3. The maximum atomic E-state index is 11.2. The highest BCUT2D eigenvalue weighted by molar-refractivity contribution is 5.79. The van der Waals surface area contributed by atoms with Gasteiger partial charge in [-0.2, -0.15) is 0 Å². The zero-order valence-electron chi connectivity index (χ0n) is 11.1. The summed E-state index contributed by atoms with van der Waals surface area (Å²) < 4.78 is 11.1. The summed E-state index contributed by atoms with van der Waals surface area (Å²) in [5.41, 5.74) is 1.26. The molecule has 4 heteroatoms. The lowest BCUT2D eigenvalue weighted by Gasteiger charge is -2.26. The number of carbonyl (C=O) groups is 1. The van der Waals surface area contributed by atoms with Gasteiger partial charge in [-0.25, -0.2) is 0 Å². The first kappa shape index (κ1) is 12.5. The number of nitrogens with zero attached hydrogens (tertiary/aromatic N) is 1. The van der Waals surface area contributed by atoms with Gasteiger partial charge >= 0.3 is 0 Å². The van der Waals surface area contributed by atoms with Gasteiger partial charge in [-0.05, 0) is 24.1 Å². The topological polar surface area (TPSA) is 38.8 Å². The Bertz CT molecular complexity index is 462. The molecule has 0 atom stereocenters. The van der Waals surface area contributed by atoms with Crippen molar-refractivity contribution in [2.45, 2.75) is 19.3 Å². The zero-order valence-corrected chi connectivity index (χ0v) is 11.1. The maximum Gasteiger partial charge on any atom is 0.161 e. The Kier molecular flexibility index (Phi) is 3.69. The highest BCUT2D eigenvalue weighted by atomic mass is 16.6. The lowest BCUT2D eigenvalue weighted by atomic mass is 10.1. The van der Waals surface area contributed by atoms with Crippen LogP contribution in [0.5, 0.6) is 11.5 Å². The number of fused-ring (bicyclic) bond motifs is 1. The lowest BCUT2D eigenvalue weighted by Crippen LogP contribution is -2.35. The van der Waals surface area contributed by atoms with E-state index in [4.69, 9.17) is 9.47 Å². The SMILES string of the molecule is O=C1CCN(CCc2ccc3c(c2)OCCO3)CC1. The van der Waals surface area contributed by atoms with Gasteiger partial charge in [-0.3, -0.25) is 4.79 Å². The molecule has 0 saturated carbocycles. The van der Waals surface area contributed by atoms with Gasteiger partial charge in [0.2, 0.25) is 0 Å². The number of ether oxygens (including phenoxy) is 2. The van der Waals surface area contributed by atoms with Crippen LogP contribution in [0.25, 0.3) is 0 Å². The molecular formula is C15H19NO3. The van der Waals surface area contributed by atoms with E-state index in [1.807, 2.05) is 6.07 Å². The first-order valence-electron chi connectivity index (χ1n) is 6.94. The summed E-state index contributed by atoms with van der Waals surface area (Å²) in [6.07, 6.45) is 2.41. The van der Waals surface area contributed by atoms with Crippen LogP contribution < -0.4 is 9.47 Å². The van der Waals surface area contributed by atoms with Gasteiger partial charge in [-0.15, -0.1) is 0 Å². The van der Waals surface area contributed by atoms with Gasteiger partial charge in [0.1, 0.15) is 19.0 Å². The summed E-state index contributed by atoms with van der Waals surface area (Å²) in [7, 11) is 0. The first-order chi connectivity index (χ1) is 9.31. The number of carbonyl (C=O) groups excluding carboxylic acids is 1. The predicted molar refractivity (Wildman–Crippen MR) is 71.8 cm³/mol. The van der Waals surface area contributed by atoms with E-state index in [0.717, 1.165) is 37.6 Å². The molecule has 0 N–H and O–H groups in total. The molecule has 4 nitrogen and oxygen atoms in total. The molecular weight excluding hydrogens is 242 g/mol. The van der Waals surface area contributed by atoms with Crippen molar-refractivity contribution in [2.24, 2.45) is 0 Å². The maximum absolute atomic E-state index is 11.2. The number of hydrogen-bond donors (Lipinski definition) is 0. The van der Waals surface area contributed by atoms with Crippen LogP contribution in [-0.2, 0) is 11.2 Å². The van der Waals surface area contributed by atoms with Gasteiger partial charge in [0.05, 0.1) is 0 Å². The first-order valence-corrected chi connectivity index (χ1v) is 6.94. The van der Waals surface area contributed by atoms with E-state index in [-0.39, 0.29) is 0 Å². The normalized spacial score (nSPS) is 19.5. The highest BCUT2D eigenvalue weighted by Crippen LogP contribution is 2.30. The third kappa shape index (κ3) is 3.07. The molecule has 1 aromatic carbocycles. The Morgan fingerprint density at radius 1 is 1.05 bits per heavy atom. The monoisotopic (exact) mass is 261 g/mol. The van der Waals surface area contributed by atoms with Crippen LogP contribution in [0.4, 0.5) is 0 Å². The molecule has 1 aromatic rings. The smallest absolute Gasteiger partial charge is 0.161 e. The third-order valence-electron chi connectivity index (χ3n) is 3.74. The van der Waals surface area contributed by atoms with E-state index in [2.05, 4.69) is 17.0 Å². The summed E-state index contributed by atoms with van der Waals surface area (Å²) in [6.45, 7) is 4.08. The lowest BCUT2D eigenvalue weighted by molar-refractivity contribution is -0.121. The molecule has 2 aliphatic heterocycles. The van der Waals surface area contributed by atoms with Gasteiger partial charge < -0.3 is 14.4 Å². The summed E-state index contributed by atoms with van der Waals surface area (Å²) in [5, 5.41) is 0. The number of hydrogen-bond acceptors (Lipinski definition) is 4. The Morgan fingerprint density at radius 3 is 2.58 bits per heavy atom. The van der Waals surface area contributed by atoms with E-state index >= 15 is 0 Å². The van der Waals surface area contributed by atoms with Crippen LogP contribution in [0.1, 0.15) is 18.4 Å². The summed E-state index contributed by atoms with van der Waals surface area (Å²) in [4.78, 5) is 13.5. The van der Waals surface area contributed by atoms with Gasteiger partial charge in [0, 0.05) is 32.5 Å². The molecule has 2 aliphatic rings. The summed E-state index contributed by atoms with van der Waals surface area (Å²) in [5.74, 6) is 2.10. The van der Waals surface area contributed by atoms with Crippen molar-refractivity contribution < 1.29 is 14.3 Å². The fourth-order valence-electron chi connectivity index (χ4n) is 2.56.